The molecule has 0 aromatic heterocycles. The van der Waals surface area contributed by atoms with Gasteiger partial charge in [0.1, 0.15) is 11.0 Å². The highest BCUT2D eigenvalue weighted by Crippen LogP contribution is 2.37. The van der Waals surface area contributed by atoms with Gasteiger partial charge in [-0.15, -0.1) is 11.8 Å². The average molecular weight is 284 g/mol. The molecule has 0 N–H and O–H groups in total. The Hall–Kier alpha value is -1.74. The second kappa shape index (κ2) is 5.33. The van der Waals surface area contributed by atoms with Crippen molar-refractivity contribution >= 4 is 17.7 Å². The SMILES string of the molecule is Cc1cccc(C)c1OC(=O)[C@H]1Cc2ccccc2S1. The predicted octanol–water partition coefficient (Wildman–Crippen LogP) is 3.93. The van der Waals surface area contributed by atoms with Crippen molar-refractivity contribution in [2.75, 3.05) is 0 Å². The van der Waals surface area contributed by atoms with Gasteiger partial charge in [-0.3, -0.25) is 4.79 Å². The smallest absolute Gasteiger partial charge is 0.325 e. The normalized spacial score (nSPS) is 16.8. The zero-order chi connectivity index (χ0) is 14.1. The van der Waals surface area contributed by atoms with E-state index in [-0.39, 0.29) is 11.2 Å². The summed E-state index contributed by atoms with van der Waals surface area (Å²) in [5, 5.41) is -0.133. The van der Waals surface area contributed by atoms with Crippen LogP contribution in [0.5, 0.6) is 5.75 Å². The van der Waals surface area contributed by atoms with Crippen LogP contribution in [0.4, 0.5) is 0 Å². The first kappa shape index (κ1) is 13.3. The third kappa shape index (κ3) is 2.46. The van der Waals surface area contributed by atoms with Crippen LogP contribution in [0.25, 0.3) is 0 Å². The number of aryl methyl sites for hydroxylation is 2. The van der Waals surface area contributed by atoms with Gasteiger partial charge in [-0.2, -0.15) is 0 Å². The molecule has 0 unspecified atom stereocenters. The summed E-state index contributed by atoms with van der Waals surface area (Å²) in [5.74, 6) is 0.553. The zero-order valence-electron chi connectivity index (χ0n) is 11.6. The molecule has 3 heteroatoms. The van der Waals surface area contributed by atoms with Crippen molar-refractivity contribution in [3.05, 3.63) is 59.2 Å². The fraction of sp³-hybridized carbons (Fsp3) is 0.235. The van der Waals surface area contributed by atoms with Gasteiger partial charge in [0.05, 0.1) is 0 Å². The molecular weight excluding hydrogens is 268 g/mol. The Labute approximate surface area is 123 Å². The number of hydrogen-bond donors (Lipinski definition) is 0. The Morgan fingerprint density at radius 1 is 1.10 bits per heavy atom. The van der Waals surface area contributed by atoms with Crippen molar-refractivity contribution in [1.29, 1.82) is 0 Å². The highest BCUT2D eigenvalue weighted by Gasteiger charge is 2.30. The van der Waals surface area contributed by atoms with Crippen molar-refractivity contribution < 1.29 is 9.53 Å². The largest absolute Gasteiger partial charge is 0.425 e. The number of thioether (sulfide) groups is 1. The quantitative estimate of drug-likeness (QED) is 0.617. The van der Waals surface area contributed by atoms with E-state index >= 15 is 0 Å². The number of ether oxygens (including phenoxy) is 1. The van der Waals surface area contributed by atoms with E-state index in [0.29, 0.717) is 5.75 Å². The van der Waals surface area contributed by atoms with Crippen LogP contribution in [0.3, 0.4) is 0 Å². The fourth-order valence-electron chi connectivity index (χ4n) is 2.44. The molecule has 102 valence electrons. The number of carbonyl (C=O) groups excluding carboxylic acids is 1. The Morgan fingerprint density at radius 2 is 1.80 bits per heavy atom. The summed E-state index contributed by atoms with van der Waals surface area (Å²) in [6, 6.07) is 14.1. The van der Waals surface area contributed by atoms with Crippen LogP contribution in [-0.2, 0) is 11.2 Å². The second-order valence-corrected chi connectivity index (χ2v) is 6.30. The highest BCUT2D eigenvalue weighted by atomic mass is 32.2. The molecule has 0 fully saturated rings. The van der Waals surface area contributed by atoms with E-state index in [0.717, 1.165) is 17.5 Å². The number of fused-ring (bicyclic) bond motifs is 1. The zero-order valence-corrected chi connectivity index (χ0v) is 12.4. The molecule has 0 radical (unpaired) electrons. The first-order valence-electron chi connectivity index (χ1n) is 6.67. The first-order chi connectivity index (χ1) is 9.65. The van der Waals surface area contributed by atoms with Crippen LogP contribution in [0.15, 0.2) is 47.4 Å². The van der Waals surface area contributed by atoms with E-state index in [1.165, 1.54) is 10.5 Å². The number of para-hydroxylation sites is 1. The molecule has 1 heterocycles. The van der Waals surface area contributed by atoms with E-state index in [2.05, 4.69) is 12.1 Å². The first-order valence-corrected chi connectivity index (χ1v) is 7.55. The molecule has 20 heavy (non-hydrogen) atoms. The lowest BCUT2D eigenvalue weighted by Crippen LogP contribution is -2.23. The molecule has 1 atom stereocenters. The van der Waals surface area contributed by atoms with Gasteiger partial charge in [-0.05, 0) is 43.0 Å². The summed E-state index contributed by atoms with van der Waals surface area (Å²) in [7, 11) is 0. The molecule has 1 aliphatic heterocycles. The van der Waals surface area contributed by atoms with Crippen LogP contribution in [0.2, 0.25) is 0 Å². The van der Waals surface area contributed by atoms with Gasteiger partial charge in [-0.1, -0.05) is 36.4 Å². The Morgan fingerprint density at radius 3 is 2.50 bits per heavy atom. The van der Waals surface area contributed by atoms with Crippen LogP contribution in [0.1, 0.15) is 16.7 Å². The van der Waals surface area contributed by atoms with E-state index in [1.54, 1.807) is 11.8 Å². The van der Waals surface area contributed by atoms with Crippen LogP contribution >= 0.6 is 11.8 Å². The minimum Gasteiger partial charge on any atom is -0.425 e. The molecule has 2 aromatic rings. The maximum atomic E-state index is 12.3. The number of carbonyl (C=O) groups is 1. The summed E-state index contributed by atoms with van der Waals surface area (Å²) in [4.78, 5) is 13.5. The molecular formula is C17H16O2S. The lowest BCUT2D eigenvalue weighted by Gasteiger charge is -2.13. The third-order valence-electron chi connectivity index (χ3n) is 3.52. The minimum atomic E-state index is -0.149. The monoisotopic (exact) mass is 284 g/mol. The number of rotatable bonds is 2. The molecule has 3 rings (SSSR count). The van der Waals surface area contributed by atoms with E-state index in [4.69, 9.17) is 4.74 Å². The third-order valence-corrected chi connectivity index (χ3v) is 4.82. The summed E-state index contributed by atoms with van der Waals surface area (Å²) < 4.78 is 5.63. The van der Waals surface area contributed by atoms with Gasteiger partial charge in [0.15, 0.2) is 0 Å². The van der Waals surface area contributed by atoms with Crippen molar-refractivity contribution in [2.24, 2.45) is 0 Å². The van der Waals surface area contributed by atoms with Crippen molar-refractivity contribution in [1.82, 2.24) is 0 Å². The van der Waals surface area contributed by atoms with Gasteiger partial charge in [0.2, 0.25) is 0 Å². The molecule has 0 aliphatic carbocycles. The van der Waals surface area contributed by atoms with Gasteiger partial charge in [-0.25, -0.2) is 0 Å². The predicted molar refractivity (Wildman–Crippen MR) is 81.3 cm³/mol. The molecule has 1 aliphatic rings. The lowest BCUT2D eigenvalue weighted by molar-refractivity contribution is -0.133. The Bertz CT molecular complexity index is 619. The van der Waals surface area contributed by atoms with Crippen molar-refractivity contribution in [2.45, 2.75) is 30.4 Å². The van der Waals surface area contributed by atoms with Crippen LogP contribution in [-0.4, -0.2) is 11.2 Å². The van der Waals surface area contributed by atoms with Gasteiger partial charge < -0.3 is 4.74 Å². The molecule has 0 amide bonds. The molecule has 0 saturated heterocycles. The molecule has 2 nitrogen and oxygen atoms in total. The van der Waals surface area contributed by atoms with E-state index in [9.17, 15) is 4.79 Å². The van der Waals surface area contributed by atoms with E-state index < -0.39 is 0 Å². The average Bonchev–Trinajstić information content (AvgIpc) is 2.87. The second-order valence-electron chi connectivity index (χ2n) is 5.06. The summed E-state index contributed by atoms with van der Waals surface area (Å²) >= 11 is 1.60. The lowest BCUT2D eigenvalue weighted by atomic mass is 10.1. The highest BCUT2D eigenvalue weighted by molar-refractivity contribution is 8.01. The van der Waals surface area contributed by atoms with Crippen molar-refractivity contribution in [3.8, 4) is 5.75 Å². The Kier molecular flexibility index (Phi) is 3.53. The van der Waals surface area contributed by atoms with Gasteiger partial charge in [0, 0.05) is 4.90 Å². The van der Waals surface area contributed by atoms with Gasteiger partial charge >= 0.3 is 5.97 Å². The Balaban J connectivity index is 1.76. The maximum Gasteiger partial charge on any atom is 0.325 e. The topological polar surface area (TPSA) is 26.3 Å². The molecule has 0 bridgehead atoms. The minimum absolute atomic E-state index is 0.133. The van der Waals surface area contributed by atoms with Gasteiger partial charge in [0.25, 0.3) is 0 Å². The van der Waals surface area contributed by atoms with Crippen LogP contribution < -0.4 is 4.74 Å². The molecule has 2 aromatic carbocycles. The van der Waals surface area contributed by atoms with E-state index in [1.807, 2.05) is 44.2 Å². The molecule has 0 saturated carbocycles. The number of esters is 1. The number of hydrogen-bond acceptors (Lipinski definition) is 3. The van der Waals surface area contributed by atoms with Crippen molar-refractivity contribution in [3.63, 3.8) is 0 Å². The molecule has 0 spiro atoms. The summed E-state index contributed by atoms with van der Waals surface area (Å²) in [5.41, 5.74) is 3.23. The summed E-state index contributed by atoms with van der Waals surface area (Å²) in [6.07, 6.45) is 0.755. The number of benzene rings is 2. The fourth-order valence-corrected chi connectivity index (χ4v) is 3.61. The van der Waals surface area contributed by atoms with Crippen LogP contribution in [0, 0.1) is 13.8 Å². The maximum absolute atomic E-state index is 12.3. The summed E-state index contributed by atoms with van der Waals surface area (Å²) in [6.45, 7) is 3.93. The standard InChI is InChI=1S/C17H16O2S/c1-11-6-5-7-12(2)16(11)19-17(18)15-10-13-8-3-4-9-14(13)20-15/h3-9,15H,10H2,1-2H3/t15-/m1/s1.